The molecule has 8 nitrogen and oxygen atoms in total. The van der Waals surface area contributed by atoms with E-state index in [4.69, 9.17) is 9.47 Å². The minimum Gasteiger partial charge on any atom is -0.465 e. The summed E-state index contributed by atoms with van der Waals surface area (Å²) in [4.78, 5) is 46.4. The molecule has 0 aromatic heterocycles. The van der Waals surface area contributed by atoms with E-state index < -0.39 is 53.6 Å². The lowest BCUT2D eigenvalue weighted by molar-refractivity contribution is -0.159. The van der Waals surface area contributed by atoms with Gasteiger partial charge in [-0.3, -0.25) is 14.4 Å². The van der Waals surface area contributed by atoms with Crippen molar-refractivity contribution < 1.29 is 29.0 Å². The molecule has 0 saturated carbocycles. The predicted molar refractivity (Wildman–Crippen MR) is 161 cm³/mol. The molecule has 220 valence electrons. The van der Waals surface area contributed by atoms with Crippen molar-refractivity contribution in [2.45, 2.75) is 43.1 Å². The van der Waals surface area contributed by atoms with Gasteiger partial charge in [-0.1, -0.05) is 85.0 Å². The van der Waals surface area contributed by atoms with Crippen LogP contribution in [-0.2, 0) is 23.9 Å². The highest BCUT2D eigenvalue weighted by molar-refractivity contribution is 6.06. The summed E-state index contributed by atoms with van der Waals surface area (Å²) in [5.41, 5.74) is -1.25. The molecule has 2 saturated heterocycles. The monoisotopic (exact) mass is 578 g/mol. The SMILES string of the molecule is C[C@@]12/C=C\CCCOC(=O)[C@@H]1[C@H]1C(=O)N([C@H](CO)c3ccccc3)C3C(=O)N(c4ccc5ccccc5c4)CC=C[C@@]31O2. The first-order chi connectivity index (χ1) is 20.9. The van der Waals surface area contributed by atoms with Gasteiger partial charge >= 0.3 is 5.97 Å². The Morgan fingerprint density at radius 1 is 0.907 bits per heavy atom. The fourth-order valence-corrected chi connectivity index (χ4v) is 7.52. The van der Waals surface area contributed by atoms with Gasteiger partial charge in [-0.2, -0.15) is 0 Å². The van der Waals surface area contributed by atoms with E-state index in [1.165, 1.54) is 4.90 Å². The zero-order valence-electron chi connectivity index (χ0n) is 24.0. The summed E-state index contributed by atoms with van der Waals surface area (Å²) in [5.74, 6) is -3.25. The van der Waals surface area contributed by atoms with Crippen molar-refractivity contribution in [3.63, 3.8) is 0 Å². The van der Waals surface area contributed by atoms with E-state index in [2.05, 4.69) is 0 Å². The number of hydrogen-bond donors (Lipinski definition) is 1. The normalized spacial score (nSPS) is 31.8. The third-order valence-corrected chi connectivity index (χ3v) is 9.43. The van der Waals surface area contributed by atoms with E-state index in [0.29, 0.717) is 24.1 Å². The number of anilines is 1. The Hall–Kier alpha value is -4.27. The summed E-state index contributed by atoms with van der Waals surface area (Å²) in [6.07, 6.45) is 8.86. The summed E-state index contributed by atoms with van der Waals surface area (Å²) in [7, 11) is 0. The van der Waals surface area contributed by atoms with Gasteiger partial charge in [-0.25, -0.2) is 0 Å². The summed E-state index contributed by atoms with van der Waals surface area (Å²) >= 11 is 0. The lowest BCUT2D eigenvalue weighted by Crippen LogP contribution is -2.57. The average molecular weight is 579 g/mol. The van der Waals surface area contributed by atoms with E-state index in [0.717, 1.165) is 10.8 Å². The molecule has 8 heteroatoms. The number of ether oxygens (including phenoxy) is 2. The largest absolute Gasteiger partial charge is 0.465 e. The maximum atomic E-state index is 14.9. The number of fused-ring (bicyclic) bond motifs is 3. The maximum Gasteiger partial charge on any atom is 0.313 e. The van der Waals surface area contributed by atoms with Crippen molar-refractivity contribution in [2.24, 2.45) is 11.8 Å². The summed E-state index contributed by atoms with van der Waals surface area (Å²) in [5, 5.41) is 12.8. The van der Waals surface area contributed by atoms with Gasteiger partial charge in [0, 0.05) is 12.2 Å². The molecule has 4 aliphatic heterocycles. The number of likely N-dealkylation sites (tertiary alicyclic amines) is 1. The summed E-state index contributed by atoms with van der Waals surface area (Å²) in [6.45, 7) is 1.89. The Bertz CT molecular complexity index is 1650. The topological polar surface area (TPSA) is 96.4 Å². The van der Waals surface area contributed by atoms with Gasteiger partial charge in [-0.05, 0) is 48.2 Å². The number of carbonyl (C=O) groups excluding carboxylic acids is 3. The van der Waals surface area contributed by atoms with Crippen LogP contribution in [-0.4, -0.2) is 64.8 Å². The molecule has 0 radical (unpaired) electrons. The Labute approximate surface area is 250 Å². The second-order valence-corrected chi connectivity index (χ2v) is 11.9. The first-order valence-electron chi connectivity index (χ1n) is 14.9. The van der Waals surface area contributed by atoms with Gasteiger partial charge in [-0.15, -0.1) is 0 Å². The standard InChI is InChI=1S/C35H34N2O6/c1-34-17-8-3-9-20-42-33(41)29(34)28-31(39)37(27(22-38)24-12-4-2-5-13-24)30-32(40)36(19-10-18-35(28,30)43-34)26-16-15-23-11-6-7-14-25(23)21-26/h2,4-8,10-18,21,27-30,38H,3,9,19-20,22H2,1H3/b17-8-/t27-,28+,29+,30?,34-,35+/m1/s1. The smallest absolute Gasteiger partial charge is 0.313 e. The fourth-order valence-electron chi connectivity index (χ4n) is 7.52. The number of nitrogens with zero attached hydrogens (tertiary/aromatic N) is 2. The van der Waals surface area contributed by atoms with Gasteiger partial charge < -0.3 is 24.4 Å². The highest BCUT2D eigenvalue weighted by Gasteiger charge is 2.75. The van der Waals surface area contributed by atoms with Crippen LogP contribution < -0.4 is 4.90 Å². The van der Waals surface area contributed by atoms with Crippen LogP contribution in [0.2, 0.25) is 0 Å². The zero-order valence-corrected chi connectivity index (χ0v) is 24.0. The highest BCUT2D eigenvalue weighted by Crippen LogP contribution is 2.58. The number of allylic oxidation sites excluding steroid dienone is 1. The molecule has 1 N–H and O–H groups in total. The molecule has 1 spiro atoms. The molecule has 6 atom stereocenters. The number of amides is 2. The molecule has 0 bridgehead atoms. The van der Waals surface area contributed by atoms with Crippen LogP contribution in [0.3, 0.4) is 0 Å². The molecule has 7 rings (SSSR count). The molecule has 4 aliphatic rings. The number of aliphatic hydroxyl groups excluding tert-OH is 1. The van der Waals surface area contributed by atoms with Crippen molar-refractivity contribution in [1.82, 2.24) is 4.90 Å². The first-order valence-corrected chi connectivity index (χ1v) is 14.9. The van der Waals surface area contributed by atoms with Crippen molar-refractivity contribution in [3.05, 3.63) is 103 Å². The van der Waals surface area contributed by atoms with Crippen LogP contribution in [0.15, 0.2) is 97.1 Å². The summed E-state index contributed by atoms with van der Waals surface area (Å²) < 4.78 is 12.6. The molecule has 2 amide bonds. The van der Waals surface area contributed by atoms with Crippen LogP contribution >= 0.6 is 0 Å². The Morgan fingerprint density at radius 3 is 2.47 bits per heavy atom. The van der Waals surface area contributed by atoms with Gasteiger partial charge in [0.05, 0.1) is 30.8 Å². The molecule has 1 unspecified atom stereocenters. The van der Waals surface area contributed by atoms with Crippen LogP contribution in [0.25, 0.3) is 10.8 Å². The Kier molecular flexibility index (Phi) is 6.71. The second kappa shape index (κ2) is 10.5. The van der Waals surface area contributed by atoms with E-state index >= 15 is 0 Å². The van der Waals surface area contributed by atoms with Crippen molar-refractivity contribution >= 4 is 34.2 Å². The van der Waals surface area contributed by atoms with E-state index in [1.54, 1.807) is 11.8 Å². The van der Waals surface area contributed by atoms with E-state index in [-0.39, 0.29) is 19.1 Å². The molecule has 43 heavy (non-hydrogen) atoms. The van der Waals surface area contributed by atoms with Gasteiger partial charge in [0.2, 0.25) is 5.91 Å². The number of benzene rings is 3. The predicted octanol–water partition coefficient (Wildman–Crippen LogP) is 4.34. The number of cyclic esters (lactones) is 1. The zero-order chi connectivity index (χ0) is 29.8. The van der Waals surface area contributed by atoms with E-state index in [1.807, 2.05) is 97.1 Å². The maximum absolute atomic E-state index is 14.9. The molecule has 3 aromatic carbocycles. The number of rotatable bonds is 4. The molecular formula is C35H34N2O6. The lowest BCUT2D eigenvalue weighted by Gasteiger charge is -2.40. The molecule has 0 aliphatic carbocycles. The molecule has 2 fully saturated rings. The fraction of sp³-hybridized carbons (Fsp3) is 0.343. The number of aliphatic hydroxyl groups is 1. The van der Waals surface area contributed by atoms with Gasteiger partial charge in [0.25, 0.3) is 5.91 Å². The van der Waals surface area contributed by atoms with Crippen LogP contribution in [0.1, 0.15) is 31.4 Å². The molecule has 3 aromatic rings. The molecule has 4 heterocycles. The van der Waals surface area contributed by atoms with Gasteiger partial charge in [0.1, 0.15) is 17.6 Å². The minimum atomic E-state index is -1.45. The third kappa shape index (κ3) is 4.23. The molecular weight excluding hydrogens is 544 g/mol. The Balaban J connectivity index is 1.40. The average Bonchev–Trinajstić information content (AvgIpc) is 3.37. The van der Waals surface area contributed by atoms with Crippen molar-refractivity contribution in [3.8, 4) is 0 Å². The van der Waals surface area contributed by atoms with Crippen LogP contribution in [0.5, 0.6) is 0 Å². The quantitative estimate of drug-likeness (QED) is 0.366. The highest BCUT2D eigenvalue weighted by atomic mass is 16.6. The minimum absolute atomic E-state index is 0.241. The lowest BCUT2D eigenvalue weighted by atomic mass is 9.74. The second-order valence-electron chi connectivity index (χ2n) is 11.9. The van der Waals surface area contributed by atoms with Crippen LogP contribution in [0.4, 0.5) is 5.69 Å². The third-order valence-electron chi connectivity index (χ3n) is 9.43. The van der Waals surface area contributed by atoms with Crippen molar-refractivity contribution in [2.75, 3.05) is 24.7 Å². The number of esters is 1. The first kappa shape index (κ1) is 27.6. The van der Waals surface area contributed by atoms with Crippen molar-refractivity contribution in [1.29, 1.82) is 0 Å². The van der Waals surface area contributed by atoms with Crippen LogP contribution in [0, 0.1) is 11.8 Å². The number of carbonyl (C=O) groups is 3. The van der Waals surface area contributed by atoms with Gasteiger partial charge in [0.15, 0.2) is 0 Å². The Morgan fingerprint density at radius 2 is 1.67 bits per heavy atom. The summed E-state index contributed by atoms with van der Waals surface area (Å²) in [6, 6.07) is 21.0. The number of hydrogen-bond acceptors (Lipinski definition) is 6. The van der Waals surface area contributed by atoms with E-state index in [9.17, 15) is 19.5 Å².